The average Bonchev–Trinajstić information content (AvgIpc) is 3.39. The molecule has 1 aliphatic rings. The zero-order chi connectivity index (χ0) is 23.9. The smallest absolute Gasteiger partial charge is 0.242 e. The van der Waals surface area contributed by atoms with Crippen molar-refractivity contribution in [1.29, 1.82) is 0 Å². The highest BCUT2D eigenvalue weighted by Gasteiger charge is 2.22. The van der Waals surface area contributed by atoms with E-state index in [0.717, 1.165) is 68.2 Å². The summed E-state index contributed by atoms with van der Waals surface area (Å²) in [5, 5.41) is 1.17. The highest BCUT2D eigenvalue weighted by molar-refractivity contribution is 7.89. The SMILES string of the molecule is CCn1c(CN2CCN(Cc3nc4ccccc4s3)CC2)nc2cc(S(=O)(=O)N(C)C)ccc21. The van der Waals surface area contributed by atoms with Crippen LogP contribution >= 0.6 is 11.3 Å². The molecule has 0 atom stereocenters. The van der Waals surface area contributed by atoms with E-state index in [-0.39, 0.29) is 4.90 Å². The number of aryl methyl sites for hydroxylation is 1. The maximum absolute atomic E-state index is 12.5. The third-order valence-corrected chi connectivity index (χ3v) is 9.25. The van der Waals surface area contributed by atoms with Crippen LogP contribution in [-0.4, -0.2) is 77.3 Å². The van der Waals surface area contributed by atoms with E-state index in [1.54, 1.807) is 37.6 Å². The number of nitrogens with zero attached hydrogens (tertiary/aromatic N) is 6. The Morgan fingerprint density at radius 1 is 0.941 bits per heavy atom. The fourth-order valence-corrected chi connectivity index (χ4v) is 6.42. The number of hydrogen-bond donors (Lipinski definition) is 0. The summed E-state index contributed by atoms with van der Waals surface area (Å²) in [6.07, 6.45) is 0. The van der Waals surface area contributed by atoms with Gasteiger partial charge in [-0.05, 0) is 37.3 Å². The van der Waals surface area contributed by atoms with Gasteiger partial charge in [0.1, 0.15) is 10.8 Å². The van der Waals surface area contributed by atoms with E-state index >= 15 is 0 Å². The number of thiazole rings is 1. The molecule has 2 aromatic heterocycles. The van der Waals surface area contributed by atoms with E-state index in [9.17, 15) is 8.42 Å². The van der Waals surface area contributed by atoms with Crippen LogP contribution in [-0.2, 0) is 29.7 Å². The predicted molar refractivity (Wildman–Crippen MR) is 136 cm³/mol. The third-order valence-electron chi connectivity index (χ3n) is 6.42. The molecular formula is C24H30N6O2S2. The molecule has 5 rings (SSSR count). The number of sulfonamides is 1. The summed E-state index contributed by atoms with van der Waals surface area (Å²) in [7, 11) is -0.387. The van der Waals surface area contributed by atoms with Gasteiger partial charge in [-0.25, -0.2) is 22.7 Å². The first kappa shape index (κ1) is 23.4. The van der Waals surface area contributed by atoms with Gasteiger partial charge in [0.05, 0.1) is 39.2 Å². The van der Waals surface area contributed by atoms with Crippen LogP contribution in [0, 0.1) is 0 Å². The maximum atomic E-state index is 12.5. The summed E-state index contributed by atoms with van der Waals surface area (Å²) >= 11 is 1.78. The van der Waals surface area contributed by atoms with Gasteiger partial charge in [-0.3, -0.25) is 9.80 Å². The van der Waals surface area contributed by atoms with Crippen LogP contribution in [0.3, 0.4) is 0 Å². The summed E-state index contributed by atoms with van der Waals surface area (Å²) in [6.45, 7) is 8.47. The van der Waals surface area contributed by atoms with Gasteiger partial charge in [-0.15, -0.1) is 11.3 Å². The fourth-order valence-electron chi connectivity index (χ4n) is 4.49. The first-order valence-electron chi connectivity index (χ1n) is 11.6. The van der Waals surface area contributed by atoms with Crippen LogP contribution in [0.5, 0.6) is 0 Å². The number of para-hydroxylation sites is 1. The van der Waals surface area contributed by atoms with Crippen LogP contribution in [0.25, 0.3) is 21.3 Å². The van der Waals surface area contributed by atoms with Crippen molar-refractivity contribution in [3.8, 4) is 0 Å². The van der Waals surface area contributed by atoms with Crippen molar-refractivity contribution in [2.45, 2.75) is 31.5 Å². The number of benzene rings is 2. The molecule has 0 unspecified atom stereocenters. The molecular weight excluding hydrogens is 468 g/mol. The molecule has 10 heteroatoms. The summed E-state index contributed by atoms with van der Waals surface area (Å²) in [5.41, 5.74) is 2.79. The van der Waals surface area contributed by atoms with Gasteiger partial charge in [0.15, 0.2) is 0 Å². The first-order chi connectivity index (χ1) is 16.3. The number of imidazole rings is 1. The Morgan fingerprint density at radius 3 is 2.32 bits per heavy atom. The van der Waals surface area contributed by atoms with Crippen molar-refractivity contribution < 1.29 is 8.42 Å². The van der Waals surface area contributed by atoms with Crippen LogP contribution < -0.4 is 0 Å². The highest BCUT2D eigenvalue weighted by Crippen LogP contribution is 2.25. The molecule has 0 amide bonds. The number of aromatic nitrogens is 3. The lowest BCUT2D eigenvalue weighted by Crippen LogP contribution is -2.45. The molecule has 0 spiro atoms. The molecule has 0 saturated carbocycles. The van der Waals surface area contributed by atoms with Gasteiger partial charge in [0.2, 0.25) is 10.0 Å². The highest BCUT2D eigenvalue weighted by atomic mass is 32.2. The molecule has 0 bridgehead atoms. The minimum Gasteiger partial charge on any atom is -0.327 e. The largest absolute Gasteiger partial charge is 0.327 e. The Balaban J connectivity index is 1.27. The van der Waals surface area contributed by atoms with Crippen molar-refractivity contribution >= 4 is 42.6 Å². The van der Waals surface area contributed by atoms with Gasteiger partial charge in [-0.1, -0.05) is 12.1 Å². The van der Waals surface area contributed by atoms with E-state index in [1.807, 2.05) is 12.1 Å². The second kappa shape index (κ2) is 9.35. The Hall–Kier alpha value is -2.37. The van der Waals surface area contributed by atoms with Crippen molar-refractivity contribution in [2.75, 3.05) is 40.3 Å². The van der Waals surface area contributed by atoms with Crippen molar-refractivity contribution in [2.24, 2.45) is 0 Å². The molecule has 0 aliphatic carbocycles. The minimum atomic E-state index is -3.48. The van der Waals surface area contributed by atoms with E-state index in [1.165, 1.54) is 14.0 Å². The molecule has 34 heavy (non-hydrogen) atoms. The summed E-state index contributed by atoms with van der Waals surface area (Å²) in [5.74, 6) is 0.983. The van der Waals surface area contributed by atoms with Crippen LogP contribution in [0.15, 0.2) is 47.4 Å². The first-order valence-corrected chi connectivity index (χ1v) is 13.8. The molecule has 3 heterocycles. The average molecular weight is 499 g/mol. The summed E-state index contributed by atoms with van der Waals surface area (Å²) in [6, 6.07) is 13.6. The number of piperazine rings is 1. The van der Waals surface area contributed by atoms with Crippen molar-refractivity contribution in [3.05, 3.63) is 53.3 Å². The maximum Gasteiger partial charge on any atom is 0.242 e. The number of fused-ring (bicyclic) bond motifs is 2. The molecule has 4 aromatic rings. The lowest BCUT2D eigenvalue weighted by molar-refractivity contribution is 0.119. The summed E-state index contributed by atoms with van der Waals surface area (Å²) in [4.78, 5) is 14.8. The van der Waals surface area contributed by atoms with E-state index in [2.05, 4.69) is 39.5 Å². The fraction of sp³-hybridized carbons (Fsp3) is 0.417. The Bertz CT molecular complexity index is 1390. The molecule has 0 radical (unpaired) electrons. The molecule has 180 valence electrons. The zero-order valence-electron chi connectivity index (χ0n) is 19.8. The lowest BCUT2D eigenvalue weighted by atomic mass is 10.3. The number of hydrogen-bond acceptors (Lipinski definition) is 7. The molecule has 2 aromatic carbocycles. The molecule has 1 fully saturated rings. The van der Waals surface area contributed by atoms with E-state index in [0.29, 0.717) is 0 Å². The summed E-state index contributed by atoms with van der Waals surface area (Å²) < 4.78 is 29.8. The third kappa shape index (κ3) is 4.48. The standard InChI is InChI=1S/C24H30N6O2S2/c1-4-30-21-10-9-18(34(31,32)27(2)3)15-20(21)25-23(30)16-28-11-13-29(14-12-28)17-24-26-19-7-5-6-8-22(19)33-24/h5-10,15H,4,11-14,16-17H2,1-3H3. The predicted octanol–water partition coefficient (Wildman–Crippen LogP) is 3.23. The normalized spacial score (nSPS) is 16.2. The van der Waals surface area contributed by atoms with E-state index < -0.39 is 10.0 Å². The molecule has 1 saturated heterocycles. The Labute approximate surface area is 204 Å². The Kier molecular flexibility index (Phi) is 6.43. The molecule has 8 nitrogen and oxygen atoms in total. The quantitative estimate of drug-likeness (QED) is 0.390. The minimum absolute atomic E-state index is 0.278. The zero-order valence-corrected chi connectivity index (χ0v) is 21.4. The van der Waals surface area contributed by atoms with Crippen LogP contribution in [0.1, 0.15) is 17.8 Å². The monoisotopic (exact) mass is 498 g/mol. The topological polar surface area (TPSA) is 74.6 Å². The van der Waals surface area contributed by atoms with Gasteiger partial charge >= 0.3 is 0 Å². The van der Waals surface area contributed by atoms with E-state index in [4.69, 9.17) is 9.97 Å². The van der Waals surface area contributed by atoms with Crippen LogP contribution in [0.2, 0.25) is 0 Å². The van der Waals surface area contributed by atoms with Gasteiger partial charge in [0, 0.05) is 46.8 Å². The Morgan fingerprint density at radius 2 is 1.65 bits per heavy atom. The molecule has 1 aliphatic heterocycles. The van der Waals surface area contributed by atoms with Gasteiger partial charge in [-0.2, -0.15) is 0 Å². The van der Waals surface area contributed by atoms with Gasteiger partial charge < -0.3 is 4.57 Å². The lowest BCUT2D eigenvalue weighted by Gasteiger charge is -2.34. The van der Waals surface area contributed by atoms with Gasteiger partial charge in [0.25, 0.3) is 0 Å². The van der Waals surface area contributed by atoms with Crippen molar-refractivity contribution in [1.82, 2.24) is 28.6 Å². The number of rotatable bonds is 7. The van der Waals surface area contributed by atoms with Crippen molar-refractivity contribution in [3.63, 3.8) is 0 Å². The molecule has 0 N–H and O–H groups in total. The van der Waals surface area contributed by atoms with Crippen LogP contribution in [0.4, 0.5) is 0 Å². The second-order valence-electron chi connectivity index (χ2n) is 8.84. The second-order valence-corrected chi connectivity index (χ2v) is 12.1.